The summed E-state index contributed by atoms with van der Waals surface area (Å²) in [5, 5.41) is 9.01. The summed E-state index contributed by atoms with van der Waals surface area (Å²) in [5.41, 5.74) is 2.30. The van der Waals surface area contributed by atoms with Crippen molar-refractivity contribution in [1.29, 1.82) is 0 Å². The molecule has 24 heavy (non-hydrogen) atoms. The molecule has 1 amide bonds. The molecule has 0 aliphatic carbocycles. The number of hydrogen-bond donors (Lipinski definition) is 1. The zero-order valence-corrected chi connectivity index (χ0v) is 14.0. The van der Waals surface area contributed by atoms with E-state index in [-0.39, 0.29) is 18.0 Å². The van der Waals surface area contributed by atoms with Crippen LogP contribution in [0.2, 0.25) is 0 Å². The molecule has 0 fully saturated rings. The lowest BCUT2D eigenvalue weighted by molar-refractivity contribution is -0.117. The SMILES string of the molecule is CCc1ccc(NC(=O)Cn2nc(-c3cccs3)ccc2=O)cc1. The first-order valence-corrected chi connectivity index (χ1v) is 8.54. The van der Waals surface area contributed by atoms with Crippen LogP contribution < -0.4 is 10.9 Å². The lowest BCUT2D eigenvalue weighted by atomic mass is 10.1. The number of aryl methyl sites for hydroxylation is 1. The van der Waals surface area contributed by atoms with Crippen LogP contribution in [0.15, 0.2) is 58.7 Å². The molecule has 0 spiro atoms. The highest BCUT2D eigenvalue weighted by molar-refractivity contribution is 7.13. The molecule has 0 saturated carbocycles. The van der Waals surface area contributed by atoms with Crippen molar-refractivity contribution in [3.8, 4) is 10.6 Å². The molecule has 3 rings (SSSR count). The smallest absolute Gasteiger partial charge is 0.267 e. The second-order valence-corrected chi connectivity index (χ2v) is 6.24. The van der Waals surface area contributed by atoms with Gasteiger partial charge in [0.25, 0.3) is 5.56 Å². The van der Waals surface area contributed by atoms with Gasteiger partial charge in [-0.05, 0) is 41.6 Å². The fraction of sp³-hybridized carbons (Fsp3) is 0.167. The minimum Gasteiger partial charge on any atom is -0.324 e. The first-order chi connectivity index (χ1) is 11.7. The van der Waals surface area contributed by atoms with Crippen molar-refractivity contribution in [2.24, 2.45) is 0 Å². The average molecular weight is 339 g/mol. The van der Waals surface area contributed by atoms with Crippen LogP contribution >= 0.6 is 11.3 Å². The summed E-state index contributed by atoms with van der Waals surface area (Å²) >= 11 is 1.54. The van der Waals surface area contributed by atoms with Crippen LogP contribution in [0, 0.1) is 0 Å². The molecule has 0 radical (unpaired) electrons. The number of nitrogens with zero attached hydrogens (tertiary/aromatic N) is 2. The summed E-state index contributed by atoms with van der Waals surface area (Å²) in [6, 6.07) is 14.6. The van der Waals surface area contributed by atoms with Crippen LogP contribution in [-0.2, 0) is 17.8 Å². The Morgan fingerprint density at radius 3 is 2.62 bits per heavy atom. The summed E-state index contributed by atoms with van der Waals surface area (Å²) in [5.74, 6) is -0.280. The normalized spacial score (nSPS) is 10.5. The Hall–Kier alpha value is -2.73. The van der Waals surface area contributed by atoms with Gasteiger partial charge in [-0.3, -0.25) is 9.59 Å². The Labute approximate surface area is 143 Å². The molecule has 3 aromatic rings. The number of rotatable bonds is 5. The molecule has 0 aliphatic rings. The van der Waals surface area contributed by atoms with Crippen molar-refractivity contribution in [3.63, 3.8) is 0 Å². The maximum atomic E-state index is 12.2. The Kier molecular flexibility index (Phi) is 4.86. The number of thiophene rings is 1. The molecule has 2 aromatic heterocycles. The second-order valence-electron chi connectivity index (χ2n) is 5.29. The predicted molar refractivity (Wildman–Crippen MR) is 96.3 cm³/mol. The lowest BCUT2D eigenvalue weighted by Crippen LogP contribution is -2.29. The van der Waals surface area contributed by atoms with E-state index in [1.165, 1.54) is 27.6 Å². The molecule has 0 aliphatic heterocycles. The topological polar surface area (TPSA) is 64.0 Å². The third-order valence-electron chi connectivity index (χ3n) is 3.58. The number of carbonyl (C=O) groups excluding carboxylic acids is 1. The monoisotopic (exact) mass is 339 g/mol. The molecule has 0 unspecified atom stereocenters. The van der Waals surface area contributed by atoms with Gasteiger partial charge in [-0.25, -0.2) is 4.68 Å². The second kappa shape index (κ2) is 7.23. The molecule has 5 nitrogen and oxygen atoms in total. The number of benzene rings is 1. The van der Waals surface area contributed by atoms with Gasteiger partial charge in [0.05, 0.1) is 4.88 Å². The number of nitrogens with one attached hydrogen (secondary N) is 1. The molecule has 122 valence electrons. The average Bonchev–Trinajstić information content (AvgIpc) is 3.12. The third kappa shape index (κ3) is 3.78. The van der Waals surface area contributed by atoms with E-state index in [4.69, 9.17) is 0 Å². The van der Waals surface area contributed by atoms with Gasteiger partial charge in [-0.1, -0.05) is 25.1 Å². The van der Waals surface area contributed by atoms with Gasteiger partial charge in [0.2, 0.25) is 5.91 Å². The molecule has 1 N–H and O–H groups in total. The minimum atomic E-state index is -0.299. The maximum absolute atomic E-state index is 12.2. The van der Waals surface area contributed by atoms with E-state index in [1.807, 2.05) is 41.8 Å². The summed E-state index contributed by atoms with van der Waals surface area (Å²) < 4.78 is 1.19. The van der Waals surface area contributed by atoms with Crippen molar-refractivity contribution in [2.45, 2.75) is 19.9 Å². The highest BCUT2D eigenvalue weighted by atomic mass is 32.1. The van der Waals surface area contributed by atoms with Crippen LogP contribution in [0.5, 0.6) is 0 Å². The fourth-order valence-corrected chi connectivity index (χ4v) is 2.97. The van der Waals surface area contributed by atoms with Crippen LogP contribution in [0.4, 0.5) is 5.69 Å². The van der Waals surface area contributed by atoms with Gasteiger partial charge in [0.1, 0.15) is 12.2 Å². The standard InChI is InChI=1S/C18H17N3O2S/c1-2-13-5-7-14(8-6-13)19-17(22)12-21-18(23)10-9-15(20-21)16-4-3-11-24-16/h3-11H,2,12H2,1H3,(H,19,22). The first kappa shape index (κ1) is 16.1. The molecule has 6 heteroatoms. The fourth-order valence-electron chi connectivity index (χ4n) is 2.28. The van der Waals surface area contributed by atoms with Gasteiger partial charge in [0.15, 0.2) is 0 Å². The molecule has 0 saturated heterocycles. The van der Waals surface area contributed by atoms with Crippen LogP contribution in [0.3, 0.4) is 0 Å². The van der Waals surface area contributed by atoms with E-state index < -0.39 is 0 Å². The number of carbonyl (C=O) groups is 1. The van der Waals surface area contributed by atoms with Gasteiger partial charge in [-0.15, -0.1) is 11.3 Å². The van der Waals surface area contributed by atoms with E-state index in [9.17, 15) is 9.59 Å². The van der Waals surface area contributed by atoms with Crippen LogP contribution in [-0.4, -0.2) is 15.7 Å². The largest absolute Gasteiger partial charge is 0.324 e. The number of amides is 1. The zero-order chi connectivity index (χ0) is 16.9. The summed E-state index contributed by atoms with van der Waals surface area (Å²) in [6.45, 7) is 1.96. The van der Waals surface area contributed by atoms with E-state index in [1.54, 1.807) is 6.07 Å². The molecular weight excluding hydrogens is 322 g/mol. The molecule has 0 bridgehead atoms. The predicted octanol–water partition coefficient (Wildman–Crippen LogP) is 3.17. The van der Waals surface area contributed by atoms with Crippen molar-refractivity contribution in [2.75, 3.05) is 5.32 Å². The number of hydrogen-bond acceptors (Lipinski definition) is 4. The van der Waals surface area contributed by atoms with E-state index in [2.05, 4.69) is 17.3 Å². The Morgan fingerprint density at radius 2 is 1.96 bits per heavy atom. The molecule has 0 atom stereocenters. The van der Waals surface area contributed by atoms with Gasteiger partial charge >= 0.3 is 0 Å². The Balaban J connectivity index is 1.73. The van der Waals surface area contributed by atoms with Crippen molar-refractivity contribution >= 4 is 22.9 Å². The van der Waals surface area contributed by atoms with E-state index in [0.717, 1.165) is 11.3 Å². The quantitative estimate of drug-likeness (QED) is 0.776. The number of anilines is 1. The van der Waals surface area contributed by atoms with Gasteiger partial charge < -0.3 is 5.32 Å². The highest BCUT2D eigenvalue weighted by Gasteiger charge is 2.09. The van der Waals surface area contributed by atoms with Crippen LogP contribution in [0.1, 0.15) is 12.5 Å². The lowest BCUT2D eigenvalue weighted by Gasteiger charge is -2.08. The molecule has 2 heterocycles. The van der Waals surface area contributed by atoms with E-state index >= 15 is 0 Å². The number of aromatic nitrogens is 2. The maximum Gasteiger partial charge on any atom is 0.267 e. The zero-order valence-electron chi connectivity index (χ0n) is 13.2. The molecule has 1 aromatic carbocycles. The summed E-state index contributed by atoms with van der Waals surface area (Å²) in [7, 11) is 0. The molecular formula is C18H17N3O2S. The van der Waals surface area contributed by atoms with Crippen molar-refractivity contribution in [3.05, 3.63) is 69.8 Å². The van der Waals surface area contributed by atoms with Crippen molar-refractivity contribution in [1.82, 2.24) is 9.78 Å². The Bertz CT molecular complexity index is 883. The first-order valence-electron chi connectivity index (χ1n) is 7.66. The summed E-state index contributed by atoms with van der Waals surface area (Å²) in [6.07, 6.45) is 0.947. The van der Waals surface area contributed by atoms with Crippen molar-refractivity contribution < 1.29 is 4.79 Å². The summed E-state index contributed by atoms with van der Waals surface area (Å²) in [4.78, 5) is 25.1. The van der Waals surface area contributed by atoms with Gasteiger partial charge in [-0.2, -0.15) is 5.10 Å². The minimum absolute atomic E-state index is 0.117. The van der Waals surface area contributed by atoms with E-state index in [0.29, 0.717) is 11.4 Å². The van der Waals surface area contributed by atoms with Gasteiger partial charge in [0, 0.05) is 11.8 Å². The Morgan fingerprint density at radius 1 is 1.17 bits per heavy atom. The van der Waals surface area contributed by atoms with Crippen LogP contribution in [0.25, 0.3) is 10.6 Å². The third-order valence-corrected chi connectivity index (χ3v) is 4.47. The highest BCUT2D eigenvalue weighted by Crippen LogP contribution is 2.21.